The zero-order valence-electron chi connectivity index (χ0n) is 20.2. The molecular formula is C25H34FN3O4S. The summed E-state index contributed by atoms with van der Waals surface area (Å²) in [7, 11) is -3.54. The van der Waals surface area contributed by atoms with E-state index >= 15 is 0 Å². The van der Waals surface area contributed by atoms with E-state index in [9.17, 15) is 22.4 Å². The van der Waals surface area contributed by atoms with E-state index in [-0.39, 0.29) is 43.7 Å². The van der Waals surface area contributed by atoms with Crippen molar-refractivity contribution in [2.75, 3.05) is 23.7 Å². The third-order valence-electron chi connectivity index (χ3n) is 5.35. The molecule has 0 spiro atoms. The van der Waals surface area contributed by atoms with Crippen molar-refractivity contribution in [1.82, 2.24) is 10.2 Å². The second-order valence-electron chi connectivity index (χ2n) is 8.70. The third-order valence-corrected chi connectivity index (χ3v) is 6.54. The highest BCUT2D eigenvalue weighted by Crippen LogP contribution is 2.19. The van der Waals surface area contributed by atoms with Crippen LogP contribution in [-0.2, 0) is 26.2 Å². The van der Waals surface area contributed by atoms with Crippen LogP contribution in [0.25, 0.3) is 0 Å². The van der Waals surface area contributed by atoms with Crippen molar-refractivity contribution in [2.45, 2.75) is 46.2 Å². The maximum absolute atomic E-state index is 14.3. The molecule has 2 aromatic rings. The van der Waals surface area contributed by atoms with Crippen LogP contribution in [0.4, 0.5) is 10.1 Å². The lowest BCUT2D eigenvalue weighted by atomic mass is 10.1. The maximum Gasteiger partial charge on any atom is 0.242 e. The van der Waals surface area contributed by atoms with Gasteiger partial charge in [-0.15, -0.1) is 0 Å². The van der Waals surface area contributed by atoms with E-state index < -0.39 is 21.9 Å². The van der Waals surface area contributed by atoms with E-state index in [0.29, 0.717) is 17.8 Å². The van der Waals surface area contributed by atoms with Crippen molar-refractivity contribution in [3.63, 3.8) is 0 Å². The quantitative estimate of drug-likeness (QED) is 0.492. The van der Waals surface area contributed by atoms with Crippen molar-refractivity contribution in [3.05, 3.63) is 66.0 Å². The first kappa shape index (κ1) is 27.3. The summed E-state index contributed by atoms with van der Waals surface area (Å²) in [6, 6.07) is 14.0. The Balaban J connectivity index is 2.15. The molecule has 1 N–H and O–H groups in total. The number of nitrogens with one attached hydrogen (secondary N) is 1. The summed E-state index contributed by atoms with van der Waals surface area (Å²) in [6.07, 6.45) is 1.37. The molecule has 0 bridgehead atoms. The van der Waals surface area contributed by atoms with Gasteiger partial charge in [-0.25, -0.2) is 12.8 Å². The molecule has 0 radical (unpaired) electrons. The van der Waals surface area contributed by atoms with Crippen molar-refractivity contribution in [2.24, 2.45) is 5.92 Å². The number of carbonyl (C=O) groups excluding carboxylic acids is 2. The van der Waals surface area contributed by atoms with Gasteiger partial charge in [0.1, 0.15) is 11.9 Å². The van der Waals surface area contributed by atoms with E-state index in [2.05, 4.69) is 5.32 Å². The predicted octanol–water partition coefficient (Wildman–Crippen LogP) is 3.56. The molecule has 0 fully saturated rings. The Bertz CT molecular complexity index is 1060. The Hall–Kier alpha value is -2.94. The van der Waals surface area contributed by atoms with Gasteiger partial charge in [-0.1, -0.05) is 50.2 Å². The van der Waals surface area contributed by atoms with Gasteiger partial charge in [0.25, 0.3) is 0 Å². The Labute approximate surface area is 202 Å². The molecule has 186 valence electrons. The molecule has 34 heavy (non-hydrogen) atoms. The minimum absolute atomic E-state index is 0.00903. The van der Waals surface area contributed by atoms with E-state index in [1.165, 1.54) is 15.3 Å². The minimum Gasteiger partial charge on any atom is -0.354 e. The summed E-state index contributed by atoms with van der Waals surface area (Å²) in [5.41, 5.74) is 0.823. The first-order chi connectivity index (χ1) is 16.0. The molecule has 0 aliphatic heterocycles. The van der Waals surface area contributed by atoms with Crippen molar-refractivity contribution >= 4 is 27.5 Å². The highest BCUT2D eigenvalue weighted by Gasteiger charge is 2.27. The average Bonchev–Trinajstić information content (AvgIpc) is 2.78. The molecule has 7 nitrogen and oxygen atoms in total. The summed E-state index contributed by atoms with van der Waals surface area (Å²) in [6.45, 7) is 6.06. The van der Waals surface area contributed by atoms with Gasteiger partial charge in [0, 0.05) is 31.6 Å². The largest absolute Gasteiger partial charge is 0.354 e. The Morgan fingerprint density at radius 3 is 2.21 bits per heavy atom. The molecule has 0 aliphatic carbocycles. The predicted molar refractivity (Wildman–Crippen MR) is 132 cm³/mol. The van der Waals surface area contributed by atoms with Crippen LogP contribution in [0.1, 0.15) is 39.2 Å². The number of hydrogen-bond acceptors (Lipinski definition) is 4. The number of rotatable bonds is 12. The first-order valence-corrected chi connectivity index (χ1v) is 13.2. The number of para-hydroxylation sites is 1. The smallest absolute Gasteiger partial charge is 0.242 e. The topological polar surface area (TPSA) is 86.8 Å². The number of sulfonamides is 1. The summed E-state index contributed by atoms with van der Waals surface area (Å²) in [5.74, 6) is -0.883. The summed E-state index contributed by atoms with van der Waals surface area (Å²) >= 11 is 0. The Kier molecular flexibility index (Phi) is 10.0. The highest BCUT2D eigenvalue weighted by atomic mass is 32.2. The summed E-state index contributed by atoms with van der Waals surface area (Å²) < 4.78 is 40.1. The molecule has 0 unspecified atom stereocenters. The standard InChI is InChI=1S/C25H34FN3O4S/c1-19(2)17-27-25(31)20(3)28(18-21-11-8-9-14-23(21)26)24(30)15-10-16-29(34(4,32)33)22-12-6-5-7-13-22/h5-9,11-14,19-20H,10,15-18H2,1-4H3,(H,27,31)/t20-/m0/s1. The van der Waals surface area contributed by atoms with Crippen LogP contribution < -0.4 is 9.62 Å². The van der Waals surface area contributed by atoms with Gasteiger partial charge in [0.2, 0.25) is 21.8 Å². The Morgan fingerprint density at radius 2 is 1.62 bits per heavy atom. The van der Waals surface area contributed by atoms with E-state index in [1.807, 2.05) is 13.8 Å². The van der Waals surface area contributed by atoms with Gasteiger partial charge in [-0.3, -0.25) is 13.9 Å². The number of carbonyl (C=O) groups is 2. The molecule has 1 atom stereocenters. The van der Waals surface area contributed by atoms with Crippen molar-refractivity contribution < 1.29 is 22.4 Å². The molecule has 2 amide bonds. The van der Waals surface area contributed by atoms with Crippen LogP contribution in [0.2, 0.25) is 0 Å². The molecule has 0 aromatic heterocycles. The van der Waals surface area contributed by atoms with Crippen LogP contribution in [0.15, 0.2) is 54.6 Å². The number of amides is 2. The minimum atomic E-state index is -3.54. The lowest BCUT2D eigenvalue weighted by Crippen LogP contribution is -2.48. The highest BCUT2D eigenvalue weighted by molar-refractivity contribution is 7.92. The van der Waals surface area contributed by atoms with E-state index in [0.717, 1.165) is 6.26 Å². The summed E-state index contributed by atoms with van der Waals surface area (Å²) in [4.78, 5) is 27.2. The number of benzene rings is 2. The number of hydrogen-bond donors (Lipinski definition) is 1. The molecule has 0 heterocycles. The zero-order chi connectivity index (χ0) is 25.3. The lowest BCUT2D eigenvalue weighted by Gasteiger charge is -2.29. The van der Waals surface area contributed by atoms with Gasteiger partial charge in [-0.2, -0.15) is 0 Å². The van der Waals surface area contributed by atoms with E-state index in [1.54, 1.807) is 55.5 Å². The average molecular weight is 492 g/mol. The molecule has 2 aromatic carbocycles. The monoisotopic (exact) mass is 491 g/mol. The van der Waals surface area contributed by atoms with Crippen molar-refractivity contribution in [3.8, 4) is 0 Å². The van der Waals surface area contributed by atoms with Gasteiger partial charge in [-0.05, 0) is 37.5 Å². The van der Waals surface area contributed by atoms with Gasteiger partial charge < -0.3 is 10.2 Å². The fourth-order valence-corrected chi connectivity index (χ4v) is 4.41. The fourth-order valence-electron chi connectivity index (χ4n) is 3.44. The molecule has 9 heteroatoms. The molecular weight excluding hydrogens is 457 g/mol. The Morgan fingerprint density at radius 1 is 1.00 bits per heavy atom. The fraction of sp³-hybridized carbons (Fsp3) is 0.440. The summed E-state index contributed by atoms with van der Waals surface area (Å²) in [5, 5.41) is 2.82. The molecule has 2 rings (SSSR count). The lowest BCUT2D eigenvalue weighted by molar-refractivity contribution is -0.140. The maximum atomic E-state index is 14.3. The molecule has 0 saturated heterocycles. The SMILES string of the molecule is CC(C)CNC(=O)[C@H](C)N(Cc1ccccc1F)C(=O)CCCN(c1ccccc1)S(C)(=O)=O. The van der Waals surface area contributed by atoms with Crippen LogP contribution in [0, 0.1) is 11.7 Å². The normalized spacial score (nSPS) is 12.3. The van der Waals surface area contributed by atoms with Crippen molar-refractivity contribution in [1.29, 1.82) is 0 Å². The third kappa shape index (κ3) is 8.13. The number of anilines is 1. The van der Waals surface area contributed by atoms with Gasteiger partial charge in [0.05, 0.1) is 11.9 Å². The van der Waals surface area contributed by atoms with Crippen LogP contribution in [-0.4, -0.2) is 50.5 Å². The molecule has 0 saturated carbocycles. The second kappa shape index (κ2) is 12.5. The molecule has 0 aliphatic rings. The van der Waals surface area contributed by atoms with Crippen LogP contribution in [0.5, 0.6) is 0 Å². The van der Waals surface area contributed by atoms with Gasteiger partial charge in [0.15, 0.2) is 0 Å². The van der Waals surface area contributed by atoms with Crippen LogP contribution >= 0.6 is 0 Å². The van der Waals surface area contributed by atoms with Gasteiger partial charge >= 0.3 is 0 Å². The van der Waals surface area contributed by atoms with E-state index in [4.69, 9.17) is 0 Å². The second-order valence-corrected chi connectivity index (χ2v) is 10.6. The number of nitrogens with zero attached hydrogens (tertiary/aromatic N) is 2. The van der Waals surface area contributed by atoms with Crippen LogP contribution in [0.3, 0.4) is 0 Å². The zero-order valence-corrected chi connectivity index (χ0v) is 21.0. The first-order valence-electron chi connectivity index (χ1n) is 11.3. The number of halogens is 1.